The van der Waals surface area contributed by atoms with Gasteiger partial charge in [0.2, 0.25) is 5.91 Å². The van der Waals surface area contributed by atoms with Crippen LogP contribution < -0.4 is 4.90 Å². The Balaban J connectivity index is 1.46. The van der Waals surface area contributed by atoms with Gasteiger partial charge in [0.25, 0.3) is 0 Å². The average Bonchev–Trinajstić information content (AvgIpc) is 3.01. The summed E-state index contributed by atoms with van der Waals surface area (Å²) >= 11 is 0. The zero-order valence-corrected chi connectivity index (χ0v) is 14.1. The number of carbonyl (C=O) groups is 1. The molecule has 0 atom stereocenters. The van der Waals surface area contributed by atoms with Crippen molar-refractivity contribution in [3.8, 4) is 0 Å². The SMILES string of the molecule is Cc1cc(CN2CCN(C(=O)CN(C)c3cnccn3)CC2)no1. The van der Waals surface area contributed by atoms with E-state index < -0.39 is 0 Å². The molecule has 0 radical (unpaired) electrons. The average molecular weight is 330 g/mol. The Kier molecular flexibility index (Phi) is 5.05. The van der Waals surface area contributed by atoms with Gasteiger partial charge < -0.3 is 14.3 Å². The number of piperazine rings is 1. The maximum absolute atomic E-state index is 12.4. The van der Waals surface area contributed by atoms with E-state index in [-0.39, 0.29) is 5.91 Å². The molecule has 128 valence electrons. The molecule has 2 aromatic heterocycles. The van der Waals surface area contributed by atoms with Gasteiger partial charge in [-0.1, -0.05) is 5.16 Å². The summed E-state index contributed by atoms with van der Waals surface area (Å²) in [6.45, 7) is 6.09. The molecule has 1 fully saturated rings. The summed E-state index contributed by atoms with van der Waals surface area (Å²) in [5.74, 6) is 1.64. The molecule has 8 nitrogen and oxygen atoms in total. The Labute approximate surface area is 141 Å². The van der Waals surface area contributed by atoms with Crippen molar-refractivity contribution in [3.05, 3.63) is 36.1 Å². The molecular formula is C16H22N6O2. The van der Waals surface area contributed by atoms with Gasteiger partial charge in [-0.25, -0.2) is 4.98 Å². The Morgan fingerprint density at radius 2 is 2.08 bits per heavy atom. The van der Waals surface area contributed by atoms with E-state index in [9.17, 15) is 4.79 Å². The van der Waals surface area contributed by atoms with Crippen molar-refractivity contribution in [3.63, 3.8) is 0 Å². The van der Waals surface area contributed by atoms with Crippen LogP contribution in [0.3, 0.4) is 0 Å². The molecule has 0 saturated carbocycles. The summed E-state index contributed by atoms with van der Waals surface area (Å²) in [5, 5.41) is 4.02. The molecule has 0 aromatic carbocycles. The van der Waals surface area contributed by atoms with Crippen molar-refractivity contribution in [2.75, 3.05) is 44.7 Å². The van der Waals surface area contributed by atoms with Crippen LogP contribution in [0.25, 0.3) is 0 Å². The van der Waals surface area contributed by atoms with Crippen molar-refractivity contribution >= 4 is 11.7 Å². The molecule has 3 rings (SSSR count). The van der Waals surface area contributed by atoms with Crippen LogP contribution in [0.4, 0.5) is 5.82 Å². The minimum Gasteiger partial charge on any atom is -0.361 e. The van der Waals surface area contributed by atoms with Crippen LogP contribution in [-0.2, 0) is 11.3 Å². The van der Waals surface area contributed by atoms with Gasteiger partial charge in [0, 0.05) is 58.2 Å². The fourth-order valence-electron chi connectivity index (χ4n) is 2.75. The first-order valence-corrected chi connectivity index (χ1v) is 8.01. The third-order valence-electron chi connectivity index (χ3n) is 4.10. The number of likely N-dealkylation sites (N-methyl/N-ethyl adjacent to an activating group) is 1. The van der Waals surface area contributed by atoms with Crippen molar-refractivity contribution in [2.24, 2.45) is 0 Å². The number of nitrogens with zero attached hydrogens (tertiary/aromatic N) is 6. The summed E-state index contributed by atoms with van der Waals surface area (Å²) < 4.78 is 5.09. The molecule has 2 aromatic rings. The Morgan fingerprint density at radius 3 is 2.71 bits per heavy atom. The van der Waals surface area contributed by atoms with E-state index in [0.717, 1.165) is 44.2 Å². The Hall–Kier alpha value is -2.48. The van der Waals surface area contributed by atoms with Crippen LogP contribution in [0.2, 0.25) is 0 Å². The summed E-state index contributed by atoms with van der Waals surface area (Å²) in [5.41, 5.74) is 0.940. The predicted molar refractivity (Wildman–Crippen MR) is 88.4 cm³/mol. The highest BCUT2D eigenvalue weighted by molar-refractivity contribution is 5.81. The topological polar surface area (TPSA) is 78.6 Å². The van der Waals surface area contributed by atoms with E-state index in [2.05, 4.69) is 20.0 Å². The van der Waals surface area contributed by atoms with Crippen molar-refractivity contribution in [2.45, 2.75) is 13.5 Å². The second-order valence-electron chi connectivity index (χ2n) is 6.01. The van der Waals surface area contributed by atoms with Crippen molar-refractivity contribution in [1.29, 1.82) is 0 Å². The maximum Gasteiger partial charge on any atom is 0.242 e. The van der Waals surface area contributed by atoms with E-state index in [0.29, 0.717) is 12.4 Å². The lowest BCUT2D eigenvalue weighted by Gasteiger charge is -2.35. The minimum absolute atomic E-state index is 0.111. The summed E-state index contributed by atoms with van der Waals surface area (Å²) in [7, 11) is 1.85. The van der Waals surface area contributed by atoms with Gasteiger partial charge in [0.1, 0.15) is 11.6 Å². The van der Waals surface area contributed by atoms with Gasteiger partial charge >= 0.3 is 0 Å². The third kappa shape index (κ3) is 4.08. The molecule has 1 saturated heterocycles. The molecule has 0 aliphatic carbocycles. The Bertz CT molecular complexity index is 666. The standard InChI is InChI=1S/C16H22N6O2/c1-13-9-14(19-24-13)11-21-5-7-22(8-6-21)16(23)12-20(2)15-10-17-3-4-18-15/h3-4,9-10H,5-8,11-12H2,1-2H3. The van der Waals surface area contributed by atoms with E-state index >= 15 is 0 Å². The predicted octanol–water partition coefficient (Wildman–Crippen LogP) is 0.554. The summed E-state index contributed by atoms with van der Waals surface area (Å²) in [6.07, 6.45) is 4.90. The molecule has 0 bridgehead atoms. The van der Waals surface area contributed by atoms with Gasteiger partial charge in [-0.15, -0.1) is 0 Å². The van der Waals surface area contributed by atoms with Gasteiger partial charge in [0.15, 0.2) is 0 Å². The molecular weight excluding hydrogens is 308 g/mol. The summed E-state index contributed by atoms with van der Waals surface area (Å²) in [6, 6.07) is 1.95. The number of carbonyl (C=O) groups excluding carboxylic acids is 1. The molecule has 0 unspecified atom stereocenters. The number of aromatic nitrogens is 3. The molecule has 1 aliphatic rings. The van der Waals surface area contributed by atoms with Gasteiger partial charge in [0.05, 0.1) is 18.4 Å². The van der Waals surface area contributed by atoms with Crippen LogP contribution in [0.15, 0.2) is 29.2 Å². The lowest BCUT2D eigenvalue weighted by atomic mass is 10.2. The zero-order valence-electron chi connectivity index (χ0n) is 14.1. The molecule has 24 heavy (non-hydrogen) atoms. The first kappa shape index (κ1) is 16.4. The third-order valence-corrected chi connectivity index (χ3v) is 4.10. The molecule has 8 heteroatoms. The lowest BCUT2D eigenvalue weighted by Crippen LogP contribution is -2.50. The first-order chi connectivity index (χ1) is 11.6. The molecule has 1 amide bonds. The van der Waals surface area contributed by atoms with E-state index in [4.69, 9.17) is 4.52 Å². The number of aryl methyl sites for hydroxylation is 1. The number of hydrogen-bond donors (Lipinski definition) is 0. The van der Waals surface area contributed by atoms with E-state index in [1.54, 1.807) is 18.6 Å². The summed E-state index contributed by atoms with van der Waals surface area (Å²) in [4.78, 5) is 26.7. The van der Waals surface area contributed by atoms with Crippen molar-refractivity contribution in [1.82, 2.24) is 24.9 Å². The van der Waals surface area contributed by atoms with Crippen LogP contribution in [0.5, 0.6) is 0 Å². The second kappa shape index (κ2) is 7.39. The van der Waals surface area contributed by atoms with Gasteiger partial charge in [-0.2, -0.15) is 0 Å². The molecule has 3 heterocycles. The highest BCUT2D eigenvalue weighted by Crippen LogP contribution is 2.10. The number of rotatable bonds is 5. The lowest BCUT2D eigenvalue weighted by molar-refractivity contribution is -0.131. The van der Waals surface area contributed by atoms with Crippen LogP contribution >= 0.6 is 0 Å². The minimum atomic E-state index is 0.111. The molecule has 0 N–H and O–H groups in total. The largest absolute Gasteiger partial charge is 0.361 e. The Morgan fingerprint density at radius 1 is 1.29 bits per heavy atom. The van der Waals surface area contributed by atoms with E-state index in [1.807, 2.05) is 29.8 Å². The maximum atomic E-state index is 12.4. The van der Waals surface area contributed by atoms with E-state index in [1.165, 1.54) is 0 Å². The van der Waals surface area contributed by atoms with Crippen molar-refractivity contribution < 1.29 is 9.32 Å². The fourth-order valence-corrected chi connectivity index (χ4v) is 2.75. The molecule has 0 spiro atoms. The van der Waals surface area contributed by atoms with Gasteiger partial charge in [-0.05, 0) is 6.92 Å². The highest BCUT2D eigenvalue weighted by Gasteiger charge is 2.22. The fraction of sp³-hybridized carbons (Fsp3) is 0.500. The normalized spacial score (nSPS) is 15.5. The quantitative estimate of drug-likeness (QED) is 0.792. The highest BCUT2D eigenvalue weighted by atomic mass is 16.5. The second-order valence-corrected chi connectivity index (χ2v) is 6.01. The number of anilines is 1. The first-order valence-electron chi connectivity index (χ1n) is 8.01. The number of hydrogen-bond acceptors (Lipinski definition) is 7. The smallest absolute Gasteiger partial charge is 0.242 e. The van der Waals surface area contributed by atoms with Crippen LogP contribution in [0.1, 0.15) is 11.5 Å². The zero-order chi connectivity index (χ0) is 16.9. The van der Waals surface area contributed by atoms with Crippen LogP contribution in [-0.4, -0.2) is 70.6 Å². The number of amides is 1. The van der Waals surface area contributed by atoms with Gasteiger partial charge in [-0.3, -0.25) is 14.7 Å². The van der Waals surface area contributed by atoms with Crippen LogP contribution in [0, 0.1) is 6.92 Å². The monoisotopic (exact) mass is 330 g/mol. The molecule has 1 aliphatic heterocycles.